The summed E-state index contributed by atoms with van der Waals surface area (Å²) in [5.41, 5.74) is 0.373. The first kappa shape index (κ1) is 15.4. The summed E-state index contributed by atoms with van der Waals surface area (Å²) >= 11 is 1.84. The molecule has 0 radical (unpaired) electrons. The zero-order chi connectivity index (χ0) is 14.8. The molecule has 0 unspecified atom stereocenters. The molecular weight excluding hydrogens is 292 g/mol. The Kier molecular flexibility index (Phi) is 4.74. The minimum atomic E-state index is -3.49. The number of nitriles is 1. The third-order valence-corrected chi connectivity index (χ3v) is 6.80. The van der Waals surface area contributed by atoms with Crippen LogP contribution in [0.2, 0.25) is 0 Å². The van der Waals surface area contributed by atoms with Gasteiger partial charge in [-0.1, -0.05) is 19.9 Å². The predicted molar refractivity (Wildman–Crippen MR) is 81.0 cm³/mol. The van der Waals surface area contributed by atoms with Crippen LogP contribution in [0.1, 0.15) is 19.4 Å². The van der Waals surface area contributed by atoms with Crippen LogP contribution in [0.4, 0.5) is 0 Å². The van der Waals surface area contributed by atoms with Crippen molar-refractivity contribution in [2.45, 2.75) is 24.0 Å². The molecule has 2 rings (SSSR count). The smallest absolute Gasteiger partial charge is 0.207 e. The summed E-state index contributed by atoms with van der Waals surface area (Å²) in [7, 11) is -3.49. The predicted octanol–water partition coefficient (Wildman–Crippen LogP) is 2.32. The maximum absolute atomic E-state index is 12.6. The topological polar surface area (TPSA) is 61.2 Å². The number of nitrogens with zero attached hydrogens (tertiary/aromatic N) is 2. The van der Waals surface area contributed by atoms with Gasteiger partial charge < -0.3 is 0 Å². The quantitative estimate of drug-likeness (QED) is 0.859. The first-order chi connectivity index (χ1) is 9.45. The number of thioether (sulfide) groups is 1. The van der Waals surface area contributed by atoms with E-state index in [9.17, 15) is 8.42 Å². The van der Waals surface area contributed by atoms with Crippen LogP contribution in [-0.2, 0) is 10.0 Å². The minimum Gasteiger partial charge on any atom is -0.207 e. The lowest BCUT2D eigenvalue weighted by Gasteiger charge is -2.33. The second-order valence-corrected chi connectivity index (χ2v) is 8.44. The molecule has 108 valence electrons. The van der Waals surface area contributed by atoms with Gasteiger partial charge in [-0.2, -0.15) is 21.3 Å². The van der Waals surface area contributed by atoms with Crippen LogP contribution in [0.15, 0.2) is 29.2 Å². The Morgan fingerprint density at radius 3 is 2.85 bits per heavy atom. The van der Waals surface area contributed by atoms with Gasteiger partial charge in [-0.3, -0.25) is 0 Å². The molecular formula is C14H18N2O2S2. The standard InChI is InChI=1S/C14H18N2O2S2/c1-11(2)14-10-16(6-7-19-14)20(17,18)13-5-3-4-12(8-13)9-15/h3-5,8,11,14H,6-7,10H2,1-2H3/t14-/m0/s1. The van der Waals surface area contributed by atoms with Gasteiger partial charge in [0.2, 0.25) is 10.0 Å². The third kappa shape index (κ3) is 3.17. The van der Waals surface area contributed by atoms with E-state index in [-0.39, 0.29) is 4.90 Å². The Hall–Kier alpha value is -1.03. The van der Waals surface area contributed by atoms with E-state index in [2.05, 4.69) is 13.8 Å². The summed E-state index contributed by atoms with van der Waals surface area (Å²) in [6.07, 6.45) is 0. The highest BCUT2D eigenvalue weighted by Crippen LogP contribution is 2.28. The summed E-state index contributed by atoms with van der Waals surface area (Å²) in [5.74, 6) is 1.27. The Labute approximate surface area is 124 Å². The number of hydrogen-bond donors (Lipinski definition) is 0. The van der Waals surface area contributed by atoms with Gasteiger partial charge in [-0.15, -0.1) is 0 Å². The first-order valence-electron chi connectivity index (χ1n) is 6.57. The molecule has 1 atom stereocenters. The van der Waals surface area contributed by atoms with Crippen LogP contribution in [-0.4, -0.2) is 36.8 Å². The molecule has 0 spiro atoms. The molecule has 1 aliphatic rings. The van der Waals surface area contributed by atoms with E-state index < -0.39 is 10.0 Å². The molecule has 0 saturated carbocycles. The normalized spacial score (nSPS) is 20.8. The van der Waals surface area contributed by atoms with E-state index in [1.807, 2.05) is 17.8 Å². The van der Waals surface area contributed by atoms with Gasteiger partial charge in [-0.05, 0) is 24.1 Å². The monoisotopic (exact) mass is 310 g/mol. The summed E-state index contributed by atoms with van der Waals surface area (Å²) in [6, 6.07) is 8.21. The van der Waals surface area contributed by atoms with Gasteiger partial charge >= 0.3 is 0 Å². The van der Waals surface area contributed by atoms with Crippen LogP contribution in [0, 0.1) is 17.2 Å². The van der Waals surface area contributed by atoms with Crippen LogP contribution in [0.3, 0.4) is 0 Å². The van der Waals surface area contributed by atoms with Gasteiger partial charge in [0.25, 0.3) is 0 Å². The van der Waals surface area contributed by atoms with Crippen molar-refractivity contribution >= 4 is 21.8 Å². The minimum absolute atomic E-state index is 0.214. The third-order valence-electron chi connectivity index (χ3n) is 3.40. The summed E-state index contributed by atoms with van der Waals surface area (Å²) in [5, 5.41) is 9.22. The lowest BCUT2D eigenvalue weighted by atomic mass is 10.1. The van der Waals surface area contributed by atoms with E-state index in [1.165, 1.54) is 6.07 Å². The van der Waals surface area contributed by atoms with Gasteiger partial charge in [0.1, 0.15) is 0 Å². The van der Waals surface area contributed by atoms with Crippen molar-refractivity contribution in [3.63, 3.8) is 0 Å². The molecule has 0 bridgehead atoms. The van der Waals surface area contributed by atoms with Gasteiger partial charge in [0.05, 0.1) is 16.5 Å². The highest BCUT2D eigenvalue weighted by atomic mass is 32.2. The second kappa shape index (κ2) is 6.17. The molecule has 0 amide bonds. The zero-order valence-electron chi connectivity index (χ0n) is 11.6. The van der Waals surface area contributed by atoms with E-state index in [4.69, 9.17) is 5.26 Å². The molecule has 1 heterocycles. The number of rotatable bonds is 3. The van der Waals surface area contributed by atoms with Crippen LogP contribution in [0.25, 0.3) is 0 Å². The molecule has 20 heavy (non-hydrogen) atoms. The average molecular weight is 310 g/mol. The van der Waals surface area contributed by atoms with Crippen LogP contribution in [0.5, 0.6) is 0 Å². The van der Waals surface area contributed by atoms with E-state index >= 15 is 0 Å². The van der Waals surface area contributed by atoms with E-state index in [1.54, 1.807) is 22.5 Å². The molecule has 0 N–H and O–H groups in total. The molecule has 4 nitrogen and oxygen atoms in total. The van der Waals surface area contributed by atoms with Crippen molar-refractivity contribution < 1.29 is 8.42 Å². The maximum atomic E-state index is 12.6. The lowest BCUT2D eigenvalue weighted by Crippen LogP contribution is -2.43. The Morgan fingerprint density at radius 1 is 1.45 bits per heavy atom. The van der Waals surface area contributed by atoms with Crippen LogP contribution < -0.4 is 0 Å². The summed E-state index contributed by atoms with van der Waals surface area (Å²) < 4.78 is 26.8. The van der Waals surface area contributed by atoms with Gasteiger partial charge in [0, 0.05) is 24.1 Å². The van der Waals surface area contributed by atoms with E-state index in [0.29, 0.717) is 29.8 Å². The molecule has 0 aromatic heterocycles. The van der Waals surface area contributed by atoms with Gasteiger partial charge in [0.15, 0.2) is 0 Å². The summed E-state index contributed by atoms with van der Waals surface area (Å²) in [4.78, 5) is 0.214. The first-order valence-corrected chi connectivity index (χ1v) is 9.06. The van der Waals surface area contributed by atoms with Gasteiger partial charge in [-0.25, -0.2) is 8.42 Å². The molecule has 1 saturated heterocycles. The number of hydrogen-bond acceptors (Lipinski definition) is 4. The molecule has 1 aromatic rings. The SMILES string of the molecule is CC(C)[C@@H]1CN(S(=O)(=O)c2cccc(C#N)c2)CCS1. The Morgan fingerprint density at radius 2 is 2.20 bits per heavy atom. The fraction of sp³-hybridized carbons (Fsp3) is 0.500. The second-order valence-electron chi connectivity index (χ2n) is 5.16. The van der Waals surface area contributed by atoms with Crippen molar-refractivity contribution in [2.75, 3.05) is 18.8 Å². The maximum Gasteiger partial charge on any atom is 0.243 e. The largest absolute Gasteiger partial charge is 0.243 e. The fourth-order valence-corrected chi connectivity index (χ4v) is 5.17. The Bertz CT molecular complexity index is 620. The van der Waals surface area contributed by atoms with Crippen molar-refractivity contribution in [3.8, 4) is 6.07 Å². The van der Waals surface area contributed by atoms with Crippen molar-refractivity contribution in [3.05, 3.63) is 29.8 Å². The number of sulfonamides is 1. The molecule has 1 aliphatic heterocycles. The number of benzene rings is 1. The zero-order valence-corrected chi connectivity index (χ0v) is 13.2. The van der Waals surface area contributed by atoms with Crippen molar-refractivity contribution in [2.24, 2.45) is 5.92 Å². The Balaban J connectivity index is 2.28. The lowest BCUT2D eigenvalue weighted by molar-refractivity contribution is 0.391. The molecule has 1 fully saturated rings. The summed E-state index contributed by atoms with van der Waals surface area (Å²) in [6.45, 7) is 5.31. The van der Waals surface area contributed by atoms with Crippen molar-refractivity contribution in [1.29, 1.82) is 5.26 Å². The highest BCUT2D eigenvalue weighted by Gasteiger charge is 2.31. The molecule has 6 heteroatoms. The van der Waals surface area contributed by atoms with Crippen molar-refractivity contribution in [1.82, 2.24) is 4.31 Å². The highest BCUT2D eigenvalue weighted by molar-refractivity contribution is 8.00. The average Bonchev–Trinajstić information content (AvgIpc) is 2.47. The molecule has 0 aliphatic carbocycles. The van der Waals surface area contributed by atoms with E-state index in [0.717, 1.165) is 5.75 Å². The van der Waals surface area contributed by atoms with Crippen LogP contribution >= 0.6 is 11.8 Å². The molecule has 1 aromatic carbocycles. The fourth-order valence-electron chi connectivity index (χ4n) is 2.15.